The second-order valence-electron chi connectivity index (χ2n) is 5.77. The molecule has 154 valence electrons. The maximum Gasteiger partial charge on any atom is 0.173 e. The molecule has 0 aliphatic heterocycles. The van der Waals surface area contributed by atoms with E-state index in [1.807, 2.05) is 0 Å². The highest BCUT2D eigenvalue weighted by Crippen LogP contribution is 2.55. The molecule has 2 aromatic carbocycles. The van der Waals surface area contributed by atoms with Gasteiger partial charge in [-0.3, -0.25) is 0 Å². The van der Waals surface area contributed by atoms with Crippen LogP contribution >= 0.6 is 0 Å². The van der Waals surface area contributed by atoms with Crippen LogP contribution in [0.3, 0.4) is 0 Å². The zero-order valence-electron chi connectivity index (χ0n) is 17.3. The van der Waals surface area contributed by atoms with Crippen LogP contribution < -0.4 is 28.4 Å². The Labute approximate surface area is 165 Å². The highest BCUT2D eigenvalue weighted by Gasteiger charge is 2.28. The van der Waals surface area contributed by atoms with Gasteiger partial charge in [0.1, 0.15) is 18.1 Å². The van der Waals surface area contributed by atoms with E-state index in [-0.39, 0.29) is 0 Å². The first-order valence-corrected chi connectivity index (χ1v) is 8.75. The molecule has 0 N–H and O–H groups in total. The molecule has 0 unspecified atom stereocenters. The van der Waals surface area contributed by atoms with E-state index in [0.29, 0.717) is 64.9 Å². The first kappa shape index (κ1) is 21.5. The Bertz CT molecular complexity index is 830. The second-order valence-corrected chi connectivity index (χ2v) is 5.77. The fourth-order valence-electron chi connectivity index (χ4n) is 3.21. The fraction of sp³-hybridized carbons (Fsp3) is 0.429. The van der Waals surface area contributed by atoms with Crippen molar-refractivity contribution >= 4 is 10.8 Å². The van der Waals surface area contributed by atoms with Crippen molar-refractivity contribution in [3.8, 4) is 34.5 Å². The van der Waals surface area contributed by atoms with E-state index >= 15 is 0 Å². The van der Waals surface area contributed by atoms with Crippen LogP contribution in [0.25, 0.3) is 10.8 Å². The summed E-state index contributed by atoms with van der Waals surface area (Å²) in [6, 6.07) is 1.76. The summed E-state index contributed by atoms with van der Waals surface area (Å²) in [6.45, 7) is 4.62. The van der Waals surface area contributed by atoms with Crippen molar-refractivity contribution < 1.29 is 33.2 Å². The van der Waals surface area contributed by atoms with Gasteiger partial charge < -0.3 is 33.2 Å². The minimum absolute atomic E-state index is 0.342. The van der Waals surface area contributed by atoms with Crippen LogP contribution in [0.2, 0.25) is 0 Å². The predicted molar refractivity (Wildman–Crippen MR) is 108 cm³/mol. The molecular weight excluding hydrogens is 364 g/mol. The first-order chi connectivity index (χ1) is 13.6. The average Bonchev–Trinajstić information content (AvgIpc) is 2.72. The van der Waals surface area contributed by atoms with Crippen molar-refractivity contribution in [2.75, 3.05) is 55.9 Å². The standard InChI is InChI=1S/C21H28O7/c1-8-9-13-18(25-5)16-14(23-3)12-15(24-4)20(26-6)17(16)21(27-7)19(13)28-11-10-22-2/h8,12H,1,9-11H2,2-7H3. The van der Waals surface area contributed by atoms with Gasteiger partial charge in [-0.2, -0.15) is 0 Å². The molecule has 0 aliphatic rings. The summed E-state index contributed by atoms with van der Waals surface area (Å²) in [5, 5.41) is 1.34. The molecule has 0 fully saturated rings. The van der Waals surface area contributed by atoms with Crippen molar-refractivity contribution in [1.82, 2.24) is 0 Å². The molecule has 7 nitrogen and oxygen atoms in total. The van der Waals surface area contributed by atoms with Crippen LogP contribution in [0.1, 0.15) is 5.56 Å². The Morgan fingerprint density at radius 1 is 0.714 bits per heavy atom. The number of hydrogen-bond acceptors (Lipinski definition) is 7. The van der Waals surface area contributed by atoms with Gasteiger partial charge in [0.05, 0.1) is 52.9 Å². The normalized spacial score (nSPS) is 10.5. The van der Waals surface area contributed by atoms with Crippen molar-refractivity contribution in [3.05, 3.63) is 24.3 Å². The summed E-state index contributed by atoms with van der Waals surface area (Å²) in [4.78, 5) is 0. The maximum atomic E-state index is 6.03. The quantitative estimate of drug-likeness (QED) is 0.427. The molecule has 7 heteroatoms. The number of allylic oxidation sites excluding steroid dienone is 1. The van der Waals surface area contributed by atoms with Crippen molar-refractivity contribution in [2.45, 2.75) is 6.42 Å². The van der Waals surface area contributed by atoms with E-state index in [4.69, 9.17) is 33.2 Å². The van der Waals surface area contributed by atoms with Crippen LogP contribution in [-0.2, 0) is 11.2 Å². The smallest absolute Gasteiger partial charge is 0.173 e. The first-order valence-electron chi connectivity index (χ1n) is 8.75. The van der Waals surface area contributed by atoms with Crippen molar-refractivity contribution in [1.29, 1.82) is 0 Å². The molecule has 0 amide bonds. The summed E-state index contributed by atoms with van der Waals surface area (Å²) < 4.78 is 39.5. The number of fused-ring (bicyclic) bond motifs is 1. The van der Waals surface area contributed by atoms with Gasteiger partial charge in [0.2, 0.25) is 0 Å². The van der Waals surface area contributed by atoms with Crippen LogP contribution in [0.5, 0.6) is 34.5 Å². The Hall–Kier alpha value is -2.80. The molecule has 0 bridgehead atoms. The van der Waals surface area contributed by atoms with Crippen LogP contribution in [0.4, 0.5) is 0 Å². The fourth-order valence-corrected chi connectivity index (χ4v) is 3.21. The maximum absolute atomic E-state index is 6.03. The number of ether oxygens (including phenoxy) is 7. The van der Waals surface area contributed by atoms with Crippen molar-refractivity contribution in [2.24, 2.45) is 0 Å². The van der Waals surface area contributed by atoms with E-state index in [1.165, 1.54) is 0 Å². The molecule has 0 saturated heterocycles. The van der Waals surface area contributed by atoms with Gasteiger partial charge in [-0.1, -0.05) is 6.08 Å². The molecule has 0 aromatic heterocycles. The molecule has 0 atom stereocenters. The summed E-state index contributed by atoms with van der Waals surface area (Å²) in [7, 11) is 9.51. The summed E-state index contributed by atoms with van der Waals surface area (Å²) in [6.07, 6.45) is 2.29. The van der Waals surface area contributed by atoms with Gasteiger partial charge in [0, 0.05) is 18.7 Å². The van der Waals surface area contributed by atoms with Gasteiger partial charge >= 0.3 is 0 Å². The predicted octanol–water partition coefficient (Wildman–Crippen LogP) is 3.64. The minimum Gasteiger partial charge on any atom is -0.496 e. The summed E-state index contributed by atoms with van der Waals surface area (Å²) >= 11 is 0. The Balaban J connectivity index is 3.04. The van der Waals surface area contributed by atoms with E-state index in [9.17, 15) is 0 Å². The van der Waals surface area contributed by atoms with Gasteiger partial charge in [-0.05, 0) is 6.42 Å². The minimum atomic E-state index is 0.342. The van der Waals surface area contributed by atoms with Gasteiger partial charge in [0.15, 0.2) is 23.0 Å². The lowest BCUT2D eigenvalue weighted by molar-refractivity contribution is 0.143. The Morgan fingerprint density at radius 3 is 1.86 bits per heavy atom. The Kier molecular flexibility index (Phi) is 7.63. The van der Waals surface area contributed by atoms with E-state index < -0.39 is 0 Å². The van der Waals surface area contributed by atoms with Gasteiger partial charge in [0.25, 0.3) is 0 Å². The molecule has 2 aromatic rings. The summed E-state index contributed by atoms with van der Waals surface area (Å²) in [5.74, 6) is 3.20. The highest BCUT2D eigenvalue weighted by molar-refractivity contribution is 6.06. The van der Waals surface area contributed by atoms with Crippen LogP contribution in [0, 0.1) is 0 Å². The highest BCUT2D eigenvalue weighted by atomic mass is 16.5. The zero-order chi connectivity index (χ0) is 20.7. The molecule has 2 rings (SSSR count). The topological polar surface area (TPSA) is 64.6 Å². The van der Waals surface area contributed by atoms with E-state index in [2.05, 4.69) is 6.58 Å². The second kappa shape index (κ2) is 9.94. The molecule has 0 spiro atoms. The third-order valence-corrected chi connectivity index (χ3v) is 4.35. The number of rotatable bonds is 11. The molecule has 0 heterocycles. The van der Waals surface area contributed by atoms with Crippen LogP contribution in [0.15, 0.2) is 18.7 Å². The van der Waals surface area contributed by atoms with Gasteiger partial charge in [-0.25, -0.2) is 0 Å². The Morgan fingerprint density at radius 2 is 1.36 bits per heavy atom. The largest absolute Gasteiger partial charge is 0.496 e. The third kappa shape index (κ3) is 3.75. The molecule has 28 heavy (non-hydrogen) atoms. The molecular formula is C21H28O7. The monoisotopic (exact) mass is 392 g/mol. The molecule has 0 saturated carbocycles. The number of benzene rings is 2. The number of methoxy groups -OCH3 is 6. The van der Waals surface area contributed by atoms with Crippen molar-refractivity contribution in [3.63, 3.8) is 0 Å². The van der Waals surface area contributed by atoms with Crippen LogP contribution in [-0.4, -0.2) is 55.9 Å². The van der Waals surface area contributed by atoms with E-state index in [1.54, 1.807) is 54.8 Å². The zero-order valence-corrected chi connectivity index (χ0v) is 17.3. The van der Waals surface area contributed by atoms with Gasteiger partial charge in [-0.15, -0.1) is 6.58 Å². The van der Waals surface area contributed by atoms with E-state index in [0.717, 1.165) is 5.56 Å². The summed E-state index contributed by atoms with van der Waals surface area (Å²) in [5.41, 5.74) is 0.795. The SMILES string of the molecule is C=CCc1c(OCCOC)c(OC)c2c(OC)c(OC)cc(OC)c2c1OC. The number of hydrogen-bond donors (Lipinski definition) is 0. The average molecular weight is 392 g/mol. The molecule has 0 radical (unpaired) electrons. The third-order valence-electron chi connectivity index (χ3n) is 4.35. The lowest BCUT2D eigenvalue weighted by atomic mass is 9.98. The molecule has 0 aliphatic carbocycles. The lowest BCUT2D eigenvalue weighted by Crippen LogP contribution is -2.09. The lowest BCUT2D eigenvalue weighted by Gasteiger charge is -2.23.